The molecule has 7 heteroatoms. The SMILES string of the molecule is COC(=O)[C@@H](OC(C)(C)C)c1c(C)nc2cc(-c3ccc4c(c3)CCCC4)nn2c1Cl. The molecule has 0 aliphatic heterocycles. The summed E-state index contributed by atoms with van der Waals surface area (Å²) in [6, 6.07) is 8.44. The molecule has 0 bridgehead atoms. The predicted molar refractivity (Wildman–Crippen MR) is 120 cm³/mol. The second kappa shape index (κ2) is 8.24. The smallest absolute Gasteiger partial charge is 0.339 e. The molecule has 0 N–H and O–H groups in total. The summed E-state index contributed by atoms with van der Waals surface area (Å²) in [7, 11) is 1.33. The van der Waals surface area contributed by atoms with E-state index in [4.69, 9.17) is 26.2 Å². The van der Waals surface area contributed by atoms with Crippen molar-refractivity contribution >= 4 is 23.2 Å². The van der Waals surface area contributed by atoms with E-state index < -0.39 is 17.7 Å². The summed E-state index contributed by atoms with van der Waals surface area (Å²) in [4.78, 5) is 17.2. The molecule has 31 heavy (non-hydrogen) atoms. The number of hydrogen-bond acceptors (Lipinski definition) is 5. The number of ether oxygens (including phenoxy) is 2. The lowest BCUT2D eigenvalue weighted by atomic mass is 9.90. The van der Waals surface area contributed by atoms with Gasteiger partial charge in [0.25, 0.3) is 0 Å². The van der Waals surface area contributed by atoms with Crippen LogP contribution < -0.4 is 0 Å². The number of fused-ring (bicyclic) bond motifs is 2. The monoisotopic (exact) mass is 441 g/mol. The number of esters is 1. The molecule has 164 valence electrons. The standard InChI is InChI=1S/C24H28ClN3O3/c1-14-20(21(23(29)30-5)31-24(2,3)4)22(25)28-19(26-14)13-18(27-28)17-11-10-15-8-6-7-9-16(15)12-17/h10-13,21H,6-9H2,1-5H3/t21-/m0/s1. The first-order valence-corrected chi connectivity index (χ1v) is 11.0. The van der Waals surface area contributed by atoms with Gasteiger partial charge >= 0.3 is 5.97 Å². The van der Waals surface area contributed by atoms with Gasteiger partial charge in [-0.05, 0) is 70.6 Å². The maximum atomic E-state index is 12.5. The Morgan fingerprint density at radius 3 is 2.55 bits per heavy atom. The van der Waals surface area contributed by atoms with Crippen molar-refractivity contribution in [2.75, 3.05) is 7.11 Å². The molecule has 0 unspecified atom stereocenters. The number of carbonyl (C=O) groups excluding carboxylic acids is 1. The van der Waals surface area contributed by atoms with Crippen LogP contribution in [0.25, 0.3) is 16.9 Å². The largest absolute Gasteiger partial charge is 0.467 e. The maximum Gasteiger partial charge on any atom is 0.339 e. The van der Waals surface area contributed by atoms with Crippen molar-refractivity contribution in [3.8, 4) is 11.3 Å². The Hall–Kier alpha value is -2.44. The van der Waals surface area contributed by atoms with Gasteiger partial charge in [-0.2, -0.15) is 5.10 Å². The van der Waals surface area contributed by atoms with Gasteiger partial charge in [-0.3, -0.25) is 0 Å². The number of aromatic nitrogens is 3. The van der Waals surface area contributed by atoms with Gasteiger partial charge in [-0.15, -0.1) is 0 Å². The number of benzene rings is 1. The average molecular weight is 442 g/mol. The lowest BCUT2D eigenvalue weighted by Crippen LogP contribution is -2.29. The number of rotatable bonds is 4. The highest BCUT2D eigenvalue weighted by Crippen LogP contribution is 2.34. The van der Waals surface area contributed by atoms with E-state index in [1.165, 1.54) is 31.1 Å². The number of nitrogens with zero attached hydrogens (tertiary/aromatic N) is 3. The van der Waals surface area contributed by atoms with E-state index in [1.807, 2.05) is 33.8 Å². The van der Waals surface area contributed by atoms with E-state index in [9.17, 15) is 4.79 Å². The Morgan fingerprint density at radius 1 is 1.16 bits per heavy atom. The zero-order valence-corrected chi connectivity index (χ0v) is 19.4. The number of hydrogen-bond donors (Lipinski definition) is 0. The first-order chi connectivity index (χ1) is 14.7. The van der Waals surface area contributed by atoms with Crippen molar-refractivity contribution < 1.29 is 14.3 Å². The van der Waals surface area contributed by atoms with Crippen LogP contribution in [0.2, 0.25) is 5.15 Å². The summed E-state index contributed by atoms with van der Waals surface area (Å²) in [5.74, 6) is -0.525. The molecule has 2 aromatic heterocycles. The van der Waals surface area contributed by atoms with E-state index in [2.05, 4.69) is 23.2 Å². The summed E-state index contributed by atoms with van der Waals surface area (Å²) in [5.41, 5.74) is 5.77. The van der Waals surface area contributed by atoms with E-state index >= 15 is 0 Å². The molecule has 1 atom stereocenters. The minimum absolute atomic E-state index is 0.298. The van der Waals surface area contributed by atoms with Crippen molar-refractivity contribution in [3.63, 3.8) is 0 Å². The Morgan fingerprint density at radius 2 is 1.87 bits per heavy atom. The van der Waals surface area contributed by atoms with E-state index in [-0.39, 0.29) is 0 Å². The molecule has 1 aliphatic rings. The molecule has 2 heterocycles. The molecule has 3 aromatic rings. The number of carbonyl (C=O) groups is 1. The molecule has 0 spiro atoms. The molecule has 0 radical (unpaired) electrons. The molecule has 1 aromatic carbocycles. The lowest BCUT2D eigenvalue weighted by molar-refractivity contribution is -0.164. The summed E-state index contributed by atoms with van der Waals surface area (Å²) in [5, 5.41) is 5.01. The summed E-state index contributed by atoms with van der Waals surface area (Å²) >= 11 is 6.76. The van der Waals surface area contributed by atoms with Gasteiger partial charge in [0.15, 0.2) is 11.8 Å². The highest BCUT2D eigenvalue weighted by Gasteiger charge is 2.33. The zero-order chi connectivity index (χ0) is 22.3. The topological polar surface area (TPSA) is 65.7 Å². The number of aryl methyl sites for hydroxylation is 3. The molecule has 0 saturated heterocycles. The van der Waals surface area contributed by atoms with Crippen molar-refractivity contribution in [2.24, 2.45) is 0 Å². The van der Waals surface area contributed by atoms with E-state index in [1.54, 1.807) is 4.52 Å². The first-order valence-electron chi connectivity index (χ1n) is 10.6. The summed E-state index contributed by atoms with van der Waals surface area (Å²) < 4.78 is 12.6. The van der Waals surface area contributed by atoms with Gasteiger partial charge in [0, 0.05) is 17.3 Å². The average Bonchev–Trinajstić information content (AvgIpc) is 3.15. The third kappa shape index (κ3) is 4.32. The molecule has 0 fully saturated rings. The number of halogens is 1. The highest BCUT2D eigenvalue weighted by molar-refractivity contribution is 6.30. The third-order valence-corrected chi connectivity index (χ3v) is 5.93. The third-order valence-electron chi connectivity index (χ3n) is 5.56. The minimum atomic E-state index is -0.995. The van der Waals surface area contributed by atoms with Crippen LogP contribution in [0.1, 0.15) is 62.1 Å². The molecule has 0 saturated carbocycles. The normalized spacial score (nSPS) is 15.0. The molecule has 4 rings (SSSR count). The second-order valence-electron chi connectivity index (χ2n) is 9.03. The molecular weight excluding hydrogens is 414 g/mol. The van der Waals surface area contributed by atoms with Crippen LogP contribution in [0.4, 0.5) is 0 Å². The van der Waals surface area contributed by atoms with Gasteiger partial charge in [0.2, 0.25) is 0 Å². The van der Waals surface area contributed by atoms with Gasteiger partial charge in [0.1, 0.15) is 5.15 Å². The van der Waals surface area contributed by atoms with Crippen LogP contribution in [-0.2, 0) is 27.1 Å². The quantitative estimate of drug-likeness (QED) is 0.407. The Kier molecular flexibility index (Phi) is 5.79. The summed E-state index contributed by atoms with van der Waals surface area (Å²) in [6.07, 6.45) is 3.72. The second-order valence-corrected chi connectivity index (χ2v) is 9.38. The van der Waals surface area contributed by atoms with Crippen LogP contribution >= 0.6 is 11.6 Å². The van der Waals surface area contributed by atoms with Crippen LogP contribution in [0, 0.1) is 6.92 Å². The molecule has 0 amide bonds. The van der Waals surface area contributed by atoms with Crippen molar-refractivity contribution in [1.29, 1.82) is 0 Å². The zero-order valence-electron chi connectivity index (χ0n) is 18.7. The van der Waals surface area contributed by atoms with Gasteiger partial charge in [0.05, 0.1) is 24.0 Å². The van der Waals surface area contributed by atoms with E-state index in [0.29, 0.717) is 22.1 Å². The van der Waals surface area contributed by atoms with Crippen molar-refractivity contribution in [1.82, 2.24) is 14.6 Å². The fourth-order valence-electron chi connectivity index (χ4n) is 4.11. The Balaban J connectivity index is 1.81. The highest BCUT2D eigenvalue weighted by atomic mass is 35.5. The van der Waals surface area contributed by atoms with Crippen molar-refractivity contribution in [3.05, 3.63) is 51.8 Å². The predicted octanol–water partition coefficient (Wildman–Crippen LogP) is 5.27. The van der Waals surface area contributed by atoms with Gasteiger partial charge in [-0.25, -0.2) is 14.3 Å². The van der Waals surface area contributed by atoms with E-state index in [0.717, 1.165) is 24.1 Å². The van der Waals surface area contributed by atoms with Gasteiger partial charge < -0.3 is 9.47 Å². The van der Waals surface area contributed by atoms with Crippen molar-refractivity contribution in [2.45, 2.75) is 65.1 Å². The summed E-state index contributed by atoms with van der Waals surface area (Å²) in [6.45, 7) is 7.44. The van der Waals surface area contributed by atoms with Crippen LogP contribution in [0.3, 0.4) is 0 Å². The lowest BCUT2D eigenvalue weighted by Gasteiger charge is -2.27. The molecular formula is C24H28ClN3O3. The fourth-order valence-corrected chi connectivity index (χ4v) is 4.47. The Labute approximate surface area is 187 Å². The molecule has 1 aliphatic carbocycles. The van der Waals surface area contributed by atoms with Crippen LogP contribution in [-0.4, -0.2) is 33.3 Å². The van der Waals surface area contributed by atoms with Gasteiger partial charge in [-0.1, -0.05) is 23.7 Å². The Bertz CT molecular complexity index is 1150. The van der Waals surface area contributed by atoms with Crippen LogP contribution in [0.15, 0.2) is 24.3 Å². The number of methoxy groups -OCH3 is 1. The fraction of sp³-hybridized carbons (Fsp3) is 0.458. The minimum Gasteiger partial charge on any atom is -0.467 e. The maximum absolute atomic E-state index is 12.5. The van der Waals surface area contributed by atoms with Crippen LogP contribution in [0.5, 0.6) is 0 Å². The first kappa shape index (κ1) is 21.8. The molecule has 6 nitrogen and oxygen atoms in total.